The van der Waals surface area contributed by atoms with Gasteiger partial charge in [-0.05, 0) is 78.7 Å². The molecular formula is C28H24ClFN2O5S. The van der Waals surface area contributed by atoms with Crippen molar-refractivity contribution in [1.82, 2.24) is 4.90 Å². The van der Waals surface area contributed by atoms with Crippen molar-refractivity contribution in [2.24, 2.45) is 0 Å². The van der Waals surface area contributed by atoms with Crippen LogP contribution in [0.2, 0.25) is 5.02 Å². The Labute approximate surface area is 228 Å². The van der Waals surface area contributed by atoms with Gasteiger partial charge in [0, 0.05) is 11.3 Å². The molecule has 1 fully saturated rings. The van der Waals surface area contributed by atoms with Gasteiger partial charge < -0.3 is 14.8 Å². The van der Waals surface area contributed by atoms with Crippen molar-refractivity contribution >= 4 is 52.2 Å². The number of anilines is 1. The van der Waals surface area contributed by atoms with Crippen LogP contribution in [0.4, 0.5) is 14.9 Å². The second-order valence-corrected chi connectivity index (χ2v) is 9.93. The van der Waals surface area contributed by atoms with Gasteiger partial charge in [0.1, 0.15) is 19.0 Å². The van der Waals surface area contributed by atoms with Crippen LogP contribution in [0.1, 0.15) is 22.3 Å². The number of hydrogen-bond donors (Lipinski definition) is 1. The lowest BCUT2D eigenvalue weighted by molar-refractivity contribution is -0.127. The minimum absolute atomic E-state index is 0.142. The van der Waals surface area contributed by atoms with E-state index < -0.39 is 29.4 Å². The summed E-state index contributed by atoms with van der Waals surface area (Å²) in [4.78, 5) is 39.1. The van der Waals surface area contributed by atoms with Gasteiger partial charge in [0.25, 0.3) is 11.1 Å². The van der Waals surface area contributed by atoms with Gasteiger partial charge in [-0.1, -0.05) is 35.9 Å². The van der Waals surface area contributed by atoms with Crippen molar-refractivity contribution in [3.63, 3.8) is 0 Å². The molecule has 3 aromatic carbocycles. The van der Waals surface area contributed by atoms with Crippen molar-refractivity contribution in [3.05, 3.63) is 92.6 Å². The first-order valence-electron chi connectivity index (χ1n) is 11.5. The highest BCUT2D eigenvalue weighted by atomic mass is 35.5. The third-order valence-electron chi connectivity index (χ3n) is 5.76. The lowest BCUT2D eigenvalue weighted by Crippen LogP contribution is -2.36. The highest BCUT2D eigenvalue weighted by molar-refractivity contribution is 8.18. The molecule has 1 aliphatic rings. The molecule has 0 unspecified atom stereocenters. The molecule has 196 valence electrons. The zero-order valence-electron chi connectivity index (χ0n) is 20.8. The van der Waals surface area contributed by atoms with Crippen molar-refractivity contribution in [2.45, 2.75) is 20.5 Å². The molecule has 3 aromatic rings. The fourth-order valence-electron chi connectivity index (χ4n) is 3.71. The van der Waals surface area contributed by atoms with E-state index in [2.05, 4.69) is 5.32 Å². The number of aryl methyl sites for hydroxylation is 2. The molecule has 3 amide bonds. The first-order valence-corrected chi connectivity index (χ1v) is 12.7. The standard InChI is InChI=1S/C28H24ClFN2O5S/c1-16-7-8-17(2)22(11-16)31-26(33)14-32-27(34)25(38-28(32)35)13-18-9-10-23(36-3)24(12-18)37-15-19-20(29)5-4-6-21(19)30/h4-13H,14-15H2,1-3H3,(H,31,33)/b25-13+. The number of benzene rings is 3. The summed E-state index contributed by atoms with van der Waals surface area (Å²) in [5, 5.41) is 2.45. The van der Waals surface area contributed by atoms with E-state index in [0.29, 0.717) is 22.7 Å². The monoisotopic (exact) mass is 554 g/mol. The van der Waals surface area contributed by atoms with Crippen molar-refractivity contribution < 1.29 is 28.2 Å². The lowest BCUT2D eigenvalue weighted by Gasteiger charge is -2.14. The number of ether oxygens (including phenoxy) is 2. The van der Waals surface area contributed by atoms with Crippen LogP contribution in [0.25, 0.3) is 6.08 Å². The van der Waals surface area contributed by atoms with E-state index in [4.69, 9.17) is 21.1 Å². The summed E-state index contributed by atoms with van der Waals surface area (Å²) in [5.74, 6) is -0.858. The largest absolute Gasteiger partial charge is 0.493 e. The van der Waals surface area contributed by atoms with Gasteiger partial charge in [0.2, 0.25) is 5.91 Å². The topological polar surface area (TPSA) is 84.9 Å². The fourth-order valence-corrected chi connectivity index (χ4v) is 4.76. The Morgan fingerprint density at radius 2 is 1.89 bits per heavy atom. The lowest BCUT2D eigenvalue weighted by atomic mass is 10.1. The minimum Gasteiger partial charge on any atom is -0.493 e. The van der Waals surface area contributed by atoms with E-state index in [0.717, 1.165) is 27.8 Å². The predicted molar refractivity (Wildman–Crippen MR) is 146 cm³/mol. The number of nitrogens with zero attached hydrogens (tertiary/aromatic N) is 1. The summed E-state index contributed by atoms with van der Waals surface area (Å²) in [6, 6.07) is 14.9. The molecule has 0 spiro atoms. The zero-order chi connectivity index (χ0) is 27.4. The predicted octanol–water partition coefficient (Wildman–Crippen LogP) is 6.36. The Morgan fingerprint density at radius 1 is 1.11 bits per heavy atom. The maximum atomic E-state index is 14.1. The third-order valence-corrected chi connectivity index (χ3v) is 7.02. The third kappa shape index (κ3) is 6.17. The summed E-state index contributed by atoms with van der Waals surface area (Å²) in [6.07, 6.45) is 1.52. The van der Waals surface area contributed by atoms with Crippen LogP contribution in [-0.4, -0.2) is 35.6 Å². The summed E-state index contributed by atoms with van der Waals surface area (Å²) >= 11 is 6.83. The summed E-state index contributed by atoms with van der Waals surface area (Å²) in [6.45, 7) is 3.21. The number of amides is 3. The van der Waals surface area contributed by atoms with E-state index in [-0.39, 0.29) is 22.1 Å². The molecule has 0 radical (unpaired) electrons. The summed E-state index contributed by atoms with van der Waals surface area (Å²) < 4.78 is 25.2. The van der Waals surface area contributed by atoms with Gasteiger partial charge in [0.15, 0.2) is 11.5 Å². The quantitative estimate of drug-likeness (QED) is 0.326. The SMILES string of the molecule is COc1ccc(/C=C2/SC(=O)N(CC(=O)Nc3cc(C)ccc3C)C2=O)cc1OCc1c(F)cccc1Cl. The number of nitrogens with one attached hydrogen (secondary N) is 1. The molecule has 38 heavy (non-hydrogen) atoms. The van der Waals surface area contributed by atoms with Crippen LogP contribution < -0.4 is 14.8 Å². The number of methoxy groups -OCH3 is 1. The van der Waals surface area contributed by atoms with E-state index in [1.54, 1.807) is 24.3 Å². The van der Waals surface area contributed by atoms with Gasteiger partial charge in [-0.25, -0.2) is 4.39 Å². The molecule has 7 nitrogen and oxygen atoms in total. The molecule has 0 aromatic heterocycles. The number of halogens is 2. The van der Waals surface area contributed by atoms with Crippen molar-refractivity contribution in [1.29, 1.82) is 0 Å². The first-order chi connectivity index (χ1) is 18.2. The van der Waals surface area contributed by atoms with E-state index in [1.165, 1.54) is 25.3 Å². The first kappa shape index (κ1) is 27.2. The molecule has 1 aliphatic heterocycles. The average molecular weight is 555 g/mol. The van der Waals surface area contributed by atoms with Gasteiger partial charge in [-0.3, -0.25) is 19.3 Å². The summed E-state index contributed by atoms with van der Waals surface area (Å²) in [5.41, 5.74) is 3.21. The van der Waals surface area contributed by atoms with Gasteiger partial charge >= 0.3 is 0 Å². The number of thioether (sulfide) groups is 1. The van der Waals surface area contributed by atoms with Crippen LogP contribution in [-0.2, 0) is 16.2 Å². The fraction of sp³-hybridized carbons (Fsp3) is 0.179. The highest BCUT2D eigenvalue weighted by Gasteiger charge is 2.36. The maximum absolute atomic E-state index is 14.1. The van der Waals surface area contributed by atoms with Crippen LogP contribution in [0.5, 0.6) is 11.5 Å². The molecule has 0 aliphatic carbocycles. The Kier molecular flexibility index (Phi) is 8.38. The van der Waals surface area contributed by atoms with Gasteiger partial charge in [0.05, 0.1) is 17.0 Å². The number of rotatable bonds is 8. The second kappa shape index (κ2) is 11.7. The van der Waals surface area contributed by atoms with Crippen molar-refractivity contribution in [3.8, 4) is 11.5 Å². The Balaban J connectivity index is 1.48. The molecule has 0 bridgehead atoms. The van der Waals surface area contributed by atoms with E-state index in [9.17, 15) is 18.8 Å². The number of carbonyl (C=O) groups is 3. The Hall–Kier alpha value is -3.82. The number of carbonyl (C=O) groups excluding carboxylic acids is 3. The molecule has 1 saturated heterocycles. The van der Waals surface area contributed by atoms with Crippen LogP contribution in [0.15, 0.2) is 59.5 Å². The van der Waals surface area contributed by atoms with Crippen LogP contribution >= 0.6 is 23.4 Å². The van der Waals surface area contributed by atoms with Crippen LogP contribution in [0, 0.1) is 19.7 Å². The van der Waals surface area contributed by atoms with E-state index >= 15 is 0 Å². The van der Waals surface area contributed by atoms with E-state index in [1.807, 2.05) is 32.0 Å². The maximum Gasteiger partial charge on any atom is 0.294 e. The number of hydrogen-bond acceptors (Lipinski definition) is 6. The summed E-state index contributed by atoms with van der Waals surface area (Å²) in [7, 11) is 1.46. The molecule has 10 heteroatoms. The molecule has 0 atom stereocenters. The number of imide groups is 1. The molecule has 1 N–H and O–H groups in total. The normalized spacial score (nSPS) is 14.2. The van der Waals surface area contributed by atoms with Gasteiger partial charge in [-0.15, -0.1) is 0 Å². The molecule has 1 heterocycles. The zero-order valence-corrected chi connectivity index (χ0v) is 22.4. The second-order valence-electron chi connectivity index (χ2n) is 8.53. The Morgan fingerprint density at radius 3 is 2.63 bits per heavy atom. The van der Waals surface area contributed by atoms with Gasteiger partial charge in [-0.2, -0.15) is 0 Å². The molecule has 4 rings (SSSR count). The molecule has 0 saturated carbocycles. The minimum atomic E-state index is -0.576. The average Bonchev–Trinajstić information content (AvgIpc) is 3.13. The smallest absolute Gasteiger partial charge is 0.294 e. The Bertz CT molecular complexity index is 1440. The van der Waals surface area contributed by atoms with Crippen LogP contribution in [0.3, 0.4) is 0 Å². The molecular weight excluding hydrogens is 531 g/mol. The van der Waals surface area contributed by atoms with Crippen molar-refractivity contribution in [2.75, 3.05) is 19.0 Å². The highest BCUT2D eigenvalue weighted by Crippen LogP contribution is 2.35.